The summed E-state index contributed by atoms with van der Waals surface area (Å²) in [5, 5.41) is 0. The minimum atomic E-state index is -0.437. The molecule has 1 saturated heterocycles. The maximum Gasteiger partial charge on any atom is 0.306 e. The predicted octanol–water partition coefficient (Wildman–Crippen LogP) is 4.02. The van der Waals surface area contributed by atoms with Gasteiger partial charge in [-0.05, 0) is 51.2 Å². The summed E-state index contributed by atoms with van der Waals surface area (Å²) in [5.41, 5.74) is 2.73. The second kappa shape index (κ2) is 7.85. The van der Waals surface area contributed by atoms with Crippen LogP contribution >= 0.6 is 0 Å². The molecule has 0 N–H and O–H groups in total. The van der Waals surface area contributed by atoms with Gasteiger partial charge in [-0.3, -0.25) is 4.79 Å². The monoisotopic (exact) mass is 353 g/mol. The van der Waals surface area contributed by atoms with Crippen LogP contribution in [0.1, 0.15) is 45.6 Å². The van der Waals surface area contributed by atoms with Gasteiger partial charge in [0, 0.05) is 37.5 Å². The maximum absolute atomic E-state index is 11.9. The van der Waals surface area contributed by atoms with Gasteiger partial charge in [0.05, 0.1) is 0 Å². The normalized spacial score (nSPS) is 14.5. The second-order valence-corrected chi connectivity index (χ2v) is 7.75. The summed E-state index contributed by atoms with van der Waals surface area (Å²) in [6.45, 7) is 7.74. The largest absolute Gasteiger partial charge is 0.460 e. The second-order valence-electron chi connectivity index (χ2n) is 7.75. The molecule has 0 bridgehead atoms. The van der Waals surface area contributed by atoms with E-state index in [1.54, 1.807) is 0 Å². The molecule has 26 heavy (non-hydrogen) atoms. The number of aromatic nitrogens is 2. The topological polar surface area (TPSA) is 55.3 Å². The molecule has 138 valence electrons. The molecule has 0 atom stereocenters. The molecular weight excluding hydrogens is 326 g/mol. The zero-order valence-corrected chi connectivity index (χ0v) is 15.9. The Kier molecular flexibility index (Phi) is 5.55. The molecule has 5 heteroatoms. The first-order valence-corrected chi connectivity index (χ1v) is 9.29. The molecule has 2 heterocycles. The van der Waals surface area contributed by atoms with E-state index in [2.05, 4.69) is 20.9 Å². The van der Waals surface area contributed by atoms with E-state index in [4.69, 9.17) is 4.74 Å². The van der Waals surface area contributed by atoms with E-state index < -0.39 is 5.60 Å². The van der Waals surface area contributed by atoms with Crippen molar-refractivity contribution in [1.29, 1.82) is 0 Å². The van der Waals surface area contributed by atoms with E-state index in [0.717, 1.165) is 35.7 Å². The van der Waals surface area contributed by atoms with Gasteiger partial charge < -0.3 is 9.64 Å². The Bertz CT molecular complexity index is 745. The van der Waals surface area contributed by atoms with Gasteiger partial charge in [0.2, 0.25) is 5.95 Å². The molecule has 1 aromatic carbocycles. The third-order valence-corrected chi connectivity index (χ3v) is 4.33. The number of carbonyl (C=O) groups excluding carboxylic acids is 1. The number of anilines is 1. The lowest BCUT2D eigenvalue weighted by Gasteiger charge is -2.19. The Morgan fingerprint density at radius 1 is 1.12 bits per heavy atom. The summed E-state index contributed by atoms with van der Waals surface area (Å²) >= 11 is 0. The van der Waals surface area contributed by atoms with Crippen molar-refractivity contribution in [3.63, 3.8) is 0 Å². The summed E-state index contributed by atoms with van der Waals surface area (Å²) in [7, 11) is 0. The number of hydrogen-bond donors (Lipinski definition) is 0. The van der Waals surface area contributed by atoms with Gasteiger partial charge in [-0.15, -0.1) is 0 Å². The molecule has 3 rings (SSSR count). The average molecular weight is 353 g/mol. The van der Waals surface area contributed by atoms with E-state index in [1.807, 2.05) is 51.4 Å². The van der Waals surface area contributed by atoms with E-state index in [-0.39, 0.29) is 5.97 Å². The molecule has 1 aromatic heterocycles. The van der Waals surface area contributed by atoms with Crippen LogP contribution in [0.15, 0.2) is 36.7 Å². The van der Waals surface area contributed by atoms with Crippen LogP contribution in [0.2, 0.25) is 0 Å². The number of rotatable bonds is 5. The van der Waals surface area contributed by atoms with Crippen molar-refractivity contribution in [3.8, 4) is 11.1 Å². The quantitative estimate of drug-likeness (QED) is 0.760. The molecule has 0 amide bonds. The summed E-state index contributed by atoms with van der Waals surface area (Å²) < 4.78 is 5.37. The lowest BCUT2D eigenvalue weighted by molar-refractivity contribution is -0.154. The van der Waals surface area contributed by atoms with Gasteiger partial charge in [0.15, 0.2) is 0 Å². The van der Waals surface area contributed by atoms with Gasteiger partial charge in [-0.25, -0.2) is 9.97 Å². The van der Waals surface area contributed by atoms with Crippen LogP contribution in [-0.4, -0.2) is 34.6 Å². The maximum atomic E-state index is 11.9. The van der Waals surface area contributed by atoms with Crippen LogP contribution in [-0.2, 0) is 16.0 Å². The highest BCUT2D eigenvalue weighted by Crippen LogP contribution is 2.22. The number of carbonyl (C=O) groups is 1. The molecule has 2 aromatic rings. The van der Waals surface area contributed by atoms with Crippen molar-refractivity contribution in [2.45, 2.75) is 52.1 Å². The van der Waals surface area contributed by atoms with Crippen LogP contribution in [0, 0.1) is 0 Å². The van der Waals surface area contributed by atoms with Crippen molar-refractivity contribution in [1.82, 2.24) is 9.97 Å². The first-order valence-electron chi connectivity index (χ1n) is 9.29. The molecule has 5 nitrogen and oxygen atoms in total. The smallest absolute Gasteiger partial charge is 0.306 e. The lowest BCUT2D eigenvalue weighted by Crippen LogP contribution is -2.24. The van der Waals surface area contributed by atoms with Crippen LogP contribution in [0.4, 0.5) is 5.95 Å². The summed E-state index contributed by atoms with van der Waals surface area (Å²) in [5.74, 6) is 0.647. The van der Waals surface area contributed by atoms with E-state index in [1.165, 1.54) is 12.8 Å². The summed E-state index contributed by atoms with van der Waals surface area (Å²) in [6, 6.07) is 8.19. The highest BCUT2D eigenvalue weighted by molar-refractivity contribution is 5.70. The Balaban J connectivity index is 1.64. The number of ether oxygens (including phenoxy) is 1. The third kappa shape index (κ3) is 5.04. The zero-order chi connectivity index (χ0) is 18.6. The molecule has 0 aliphatic carbocycles. The van der Waals surface area contributed by atoms with Gasteiger partial charge >= 0.3 is 5.97 Å². The number of benzene rings is 1. The lowest BCUT2D eigenvalue weighted by atomic mass is 10.0. The number of esters is 1. The van der Waals surface area contributed by atoms with Crippen molar-refractivity contribution >= 4 is 11.9 Å². The van der Waals surface area contributed by atoms with Crippen LogP contribution in [0.5, 0.6) is 0 Å². The summed E-state index contributed by atoms with van der Waals surface area (Å²) in [6.07, 6.45) is 7.23. The number of aryl methyl sites for hydroxylation is 1. The van der Waals surface area contributed by atoms with E-state index in [0.29, 0.717) is 12.8 Å². The molecule has 0 radical (unpaired) electrons. The molecule has 1 aliphatic heterocycles. The first-order chi connectivity index (χ1) is 12.4. The van der Waals surface area contributed by atoms with E-state index >= 15 is 0 Å². The minimum Gasteiger partial charge on any atom is -0.460 e. The Hall–Kier alpha value is -2.43. The van der Waals surface area contributed by atoms with Gasteiger partial charge in [0.1, 0.15) is 5.60 Å². The summed E-state index contributed by atoms with van der Waals surface area (Å²) in [4.78, 5) is 23.2. The molecule has 0 unspecified atom stereocenters. The predicted molar refractivity (Wildman–Crippen MR) is 103 cm³/mol. The molecular formula is C21H27N3O2. The van der Waals surface area contributed by atoms with Crippen molar-refractivity contribution in [2.24, 2.45) is 0 Å². The van der Waals surface area contributed by atoms with Gasteiger partial charge in [-0.2, -0.15) is 0 Å². The van der Waals surface area contributed by atoms with E-state index in [9.17, 15) is 4.79 Å². The highest BCUT2D eigenvalue weighted by atomic mass is 16.6. The highest BCUT2D eigenvalue weighted by Gasteiger charge is 2.16. The Labute approximate surface area is 155 Å². The molecule has 1 fully saturated rings. The fourth-order valence-electron chi connectivity index (χ4n) is 3.10. The third-order valence-electron chi connectivity index (χ3n) is 4.33. The van der Waals surface area contributed by atoms with Crippen molar-refractivity contribution in [2.75, 3.05) is 18.0 Å². The van der Waals surface area contributed by atoms with Crippen molar-refractivity contribution in [3.05, 3.63) is 42.2 Å². The van der Waals surface area contributed by atoms with Gasteiger partial charge in [-0.1, -0.05) is 24.3 Å². The minimum absolute atomic E-state index is 0.166. The van der Waals surface area contributed by atoms with Gasteiger partial charge in [0.25, 0.3) is 0 Å². The fourth-order valence-corrected chi connectivity index (χ4v) is 3.10. The average Bonchev–Trinajstić information content (AvgIpc) is 3.14. The number of hydrogen-bond acceptors (Lipinski definition) is 5. The fraction of sp³-hybridized carbons (Fsp3) is 0.476. The SMILES string of the molecule is CC(C)(C)OC(=O)CCc1cccc(-c2cnc(N3CCCC3)nc2)c1. The van der Waals surface area contributed by atoms with Crippen molar-refractivity contribution < 1.29 is 9.53 Å². The first kappa shape index (κ1) is 18.4. The van der Waals surface area contributed by atoms with Crippen LogP contribution in [0.25, 0.3) is 11.1 Å². The molecule has 0 saturated carbocycles. The number of nitrogens with zero attached hydrogens (tertiary/aromatic N) is 3. The standard InChI is InChI=1S/C21H27N3O2/c1-21(2,3)26-19(25)10-9-16-7-6-8-17(13-16)18-14-22-20(23-15-18)24-11-4-5-12-24/h6-8,13-15H,4-5,9-12H2,1-3H3. The van der Waals surface area contributed by atoms with Crippen LogP contribution in [0.3, 0.4) is 0 Å². The Morgan fingerprint density at radius 3 is 2.46 bits per heavy atom. The zero-order valence-electron chi connectivity index (χ0n) is 15.9. The molecule has 0 spiro atoms. The molecule has 1 aliphatic rings. The van der Waals surface area contributed by atoms with Crippen LogP contribution < -0.4 is 4.90 Å². The Morgan fingerprint density at radius 2 is 1.81 bits per heavy atom.